The number of benzene rings is 1. The van der Waals surface area contributed by atoms with Crippen molar-refractivity contribution >= 4 is 5.78 Å². The van der Waals surface area contributed by atoms with Gasteiger partial charge in [0.2, 0.25) is 0 Å². The normalized spacial score (nSPS) is 12.5. The van der Waals surface area contributed by atoms with Gasteiger partial charge in [0.15, 0.2) is 5.78 Å². The largest absolute Gasteiger partial charge is 0.497 e. The van der Waals surface area contributed by atoms with E-state index in [1.807, 2.05) is 13.8 Å². The van der Waals surface area contributed by atoms with Gasteiger partial charge in [0.05, 0.1) is 26.4 Å². The van der Waals surface area contributed by atoms with Gasteiger partial charge in [0, 0.05) is 5.56 Å². The van der Waals surface area contributed by atoms with Crippen molar-refractivity contribution in [3.05, 3.63) is 29.8 Å². The SMILES string of the molecule is COc1ccc(C(=O)C(C)OCCOC(C)C)cc1. The Balaban J connectivity index is 2.42. The summed E-state index contributed by atoms with van der Waals surface area (Å²) in [5.74, 6) is 0.697. The first-order valence-corrected chi connectivity index (χ1v) is 6.46. The minimum atomic E-state index is -0.468. The van der Waals surface area contributed by atoms with Crippen LogP contribution in [0.5, 0.6) is 5.75 Å². The molecule has 1 rings (SSSR count). The number of carbonyl (C=O) groups excluding carboxylic acids is 1. The molecule has 0 aliphatic carbocycles. The van der Waals surface area contributed by atoms with Gasteiger partial charge >= 0.3 is 0 Å². The van der Waals surface area contributed by atoms with E-state index in [9.17, 15) is 4.79 Å². The molecule has 0 saturated heterocycles. The summed E-state index contributed by atoms with van der Waals surface area (Å²) in [6.45, 7) is 6.60. The summed E-state index contributed by atoms with van der Waals surface area (Å²) in [4.78, 5) is 12.1. The average Bonchev–Trinajstić information content (AvgIpc) is 2.42. The lowest BCUT2D eigenvalue weighted by atomic mass is 10.1. The van der Waals surface area contributed by atoms with Crippen LogP contribution in [-0.2, 0) is 9.47 Å². The molecular formula is C15H22O4. The predicted octanol–water partition coefficient (Wildman–Crippen LogP) is 2.71. The van der Waals surface area contributed by atoms with E-state index in [1.54, 1.807) is 38.3 Å². The zero-order chi connectivity index (χ0) is 14.3. The third kappa shape index (κ3) is 5.41. The van der Waals surface area contributed by atoms with Crippen LogP contribution >= 0.6 is 0 Å². The second kappa shape index (κ2) is 7.92. The molecule has 1 aromatic carbocycles. The van der Waals surface area contributed by atoms with Gasteiger partial charge in [0.25, 0.3) is 0 Å². The van der Waals surface area contributed by atoms with Gasteiger partial charge < -0.3 is 14.2 Å². The number of hydrogen-bond donors (Lipinski definition) is 0. The summed E-state index contributed by atoms with van der Waals surface area (Å²) < 4.78 is 15.9. The van der Waals surface area contributed by atoms with Crippen LogP contribution in [0, 0.1) is 0 Å². The Hall–Kier alpha value is -1.39. The fraction of sp³-hybridized carbons (Fsp3) is 0.533. The minimum Gasteiger partial charge on any atom is -0.497 e. The van der Waals surface area contributed by atoms with E-state index >= 15 is 0 Å². The van der Waals surface area contributed by atoms with E-state index in [-0.39, 0.29) is 11.9 Å². The Kier molecular flexibility index (Phi) is 6.53. The molecule has 0 aliphatic heterocycles. The van der Waals surface area contributed by atoms with Crippen molar-refractivity contribution in [2.24, 2.45) is 0 Å². The van der Waals surface area contributed by atoms with Crippen molar-refractivity contribution in [1.29, 1.82) is 0 Å². The molecule has 1 atom stereocenters. The number of carbonyl (C=O) groups is 1. The van der Waals surface area contributed by atoms with Crippen molar-refractivity contribution < 1.29 is 19.0 Å². The molecule has 1 unspecified atom stereocenters. The monoisotopic (exact) mass is 266 g/mol. The van der Waals surface area contributed by atoms with Gasteiger partial charge in [-0.25, -0.2) is 0 Å². The van der Waals surface area contributed by atoms with Crippen LogP contribution in [-0.4, -0.2) is 38.3 Å². The Labute approximate surface area is 114 Å². The molecule has 0 N–H and O–H groups in total. The third-order valence-electron chi connectivity index (χ3n) is 2.65. The number of ketones is 1. The molecule has 19 heavy (non-hydrogen) atoms. The van der Waals surface area contributed by atoms with Gasteiger partial charge in [-0.2, -0.15) is 0 Å². The van der Waals surface area contributed by atoms with Crippen molar-refractivity contribution in [3.8, 4) is 5.75 Å². The van der Waals surface area contributed by atoms with Gasteiger partial charge in [0.1, 0.15) is 11.9 Å². The molecule has 1 aromatic rings. The van der Waals surface area contributed by atoms with Crippen molar-refractivity contribution in [2.75, 3.05) is 20.3 Å². The van der Waals surface area contributed by atoms with Crippen molar-refractivity contribution in [3.63, 3.8) is 0 Å². The molecule has 0 aliphatic rings. The Morgan fingerprint density at radius 2 is 1.63 bits per heavy atom. The van der Waals surface area contributed by atoms with Crippen LogP contribution < -0.4 is 4.74 Å². The van der Waals surface area contributed by atoms with E-state index in [1.165, 1.54) is 0 Å². The summed E-state index contributed by atoms with van der Waals surface area (Å²) in [5, 5.41) is 0. The summed E-state index contributed by atoms with van der Waals surface area (Å²) in [6.07, 6.45) is -0.291. The van der Waals surface area contributed by atoms with E-state index in [0.717, 1.165) is 5.75 Å². The maximum atomic E-state index is 12.1. The smallest absolute Gasteiger partial charge is 0.191 e. The summed E-state index contributed by atoms with van der Waals surface area (Å²) in [5.41, 5.74) is 0.623. The number of methoxy groups -OCH3 is 1. The molecule has 4 nitrogen and oxygen atoms in total. The fourth-order valence-corrected chi connectivity index (χ4v) is 1.57. The van der Waals surface area contributed by atoms with E-state index in [4.69, 9.17) is 14.2 Å². The van der Waals surface area contributed by atoms with Gasteiger partial charge in [-0.1, -0.05) is 0 Å². The Morgan fingerprint density at radius 1 is 1.05 bits per heavy atom. The number of Topliss-reactive ketones (excluding diaryl/α,β-unsaturated/α-hetero) is 1. The van der Waals surface area contributed by atoms with E-state index < -0.39 is 6.10 Å². The summed E-state index contributed by atoms with van der Waals surface area (Å²) >= 11 is 0. The first-order valence-electron chi connectivity index (χ1n) is 6.46. The highest BCUT2D eigenvalue weighted by Gasteiger charge is 2.15. The first-order chi connectivity index (χ1) is 9.04. The van der Waals surface area contributed by atoms with Crippen LogP contribution in [0.1, 0.15) is 31.1 Å². The standard InChI is InChI=1S/C15H22O4/c1-11(2)18-9-10-19-12(3)15(16)13-5-7-14(17-4)8-6-13/h5-8,11-12H,9-10H2,1-4H3. The minimum absolute atomic E-state index is 0.0350. The lowest BCUT2D eigenvalue weighted by molar-refractivity contribution is -0.00176. The zero-order valence-corrected chi connectivity index (χ0v) is 12.0. The molecule has 0 saturated carbocycles. The maximum absolute atomic E-state index is 12.1. The van der Waals surface area contributed by atoms with Crippen LogP contribution in [0.25, 0.3) is 0 Å². The highest BCUT2D eigenvalue weighted by molar-refractivity contribution is 5.99. The second-order valence-corrected chi connectivity index (χ2v) is 4.53. The number of ether oxygens (including phenoxy) is 3. The summed E-state index contributed by atoms with van der Waals surface area (Å²) in [7, 11) is 1.59. The average molecular weight is 266 g/mol. The molecule has 0 amide bonds. The fourth-order valence-electron chi connectivity index (χ4n) is 1.57. The van der Waals surface area contributed by atoms with Gasteiger partial charge in [-0.15, -0.1) is 0 Å². The lowest BCUT2D eigenvalue weighted by Crippen LogP contribution is -2.23. The quantitative estimate of drug-likeness (QED) is 0.536. The summed E-state index contributed by atoms with van der Waals surface area (Å²) in [6, 6.07) is 7.01. The van der Waals surface area contributed by atoms with Crippen LogP contribution in [0.3, 0.4) is 0 Å². The highest BCUT2D eigenvalue weighted by atomic mass is 16.5. The number of hydrogen-bond acceptors (Lipinski definition) is 4. The highest BCUT2D eigenvalue weighted by Crippen LogP contribution is 2.13. The van der Waals surface area contributed by atoms with E-state index in [0.29, 0.717) is 18.8 Å². The molecule has 0 heterocycles. The zero-order valence-electron chi connectivity index (χ0n) is 12.0. The van der Waals surface area contributed by atoms with Gasteiger partial charge in [-0.05, 0) is 45.0 Å². The van der Waals surface area contributed by atoms with Crippen LogP contribution in [0.15, 0.2) is 24.3 Å². The van der Waals surface area contributed by atoms with E-state index in [2.05, 4.69) is 0 Å². The van der Waals surface area contributed by atoms with Crippen LogP contribution in [0.2, 0.25) is 0 Å². The van der Waals surface area contributed by atoms with Crippen molar-refractivity contribution in [1.82, 2.24) is 0 Å². The molecular weight excluding hydrogens is 244 g/mol. The molecule has 0 radical (unpaired) electrons. The second-order valence-electron chi connectivity index (χ2n) is 4.53. The maximum Gasteiger partial charge on any atom is 0.191 e. The van der Waals surface area contributed by atoms with Gasteiger partial charge in [-0.3, -0.25) is 4.79 Å². The molecule has 106 valence electrons. The molecule has 4 heteroatoms. The Bertz CT molecular complexity index is 384. The molecule has 0 bridgehead atoms. The predicted molar refractivity (Wildman–Crippen MR) is 73.8 cm³/mol. The van der Waals surface area contributed by atoms with Crippen LogP contribution in [0.4, 0.5) is 0 Å². The lowest BCUT2D eigenvalue weighted by Gasteiger charge is -2.13. The molecule has 0 spiro atoms. The van der Waals surface area contributed by atoms with Crippen molar-refractivity contribution in [2.45, 2.75) is 33.0 Å². The molecule has 0 aromatic heterocycles. The molecule has 0 fully saturated rings. The topological polar surface area (TPSA) is 44.8 Å². The number of rotatable bonds is 8. The Morgan fingerprint density at radius 3 is 2.16 bits per heavy atom. The first kappa shape index (κ1) is 15.7. The third-order valence-corrected chi connectivity index (χ3v) is 2.65.